The second-order valence-corrected chi connectivity index (χ2v) is 6.10. The molecule has 2 saturated heterocycles. The number of hydrazine groups is 1. The average Bonchev–Trinajstić information content (AvgIpc) is 2.71. The highest BCUT2D eigenvalue weighted by Crippen LogP contribution is 2.17. The Morgan fingerprint density at radius 2 is 1.81 bits per heavy atom. The number of hydrogen-bond acceptors (Lipinski definition) is 5. The number of nitrogens with two attached hydrogens (primary N) is 1. The van der Waals surface area contributed by atoms with Gasteiger partial charge >= 0.3 is 0 Å². The molecule has 0 aliphatic carbocycles. The van der Waals surface area contributed by atoms with Gasteiger partial charge in [-0.15, -0.1) is 0 Å². The van der Waals surface area contributed by atoms with Gasteiger partial charge in [0.05, 0.1) is 6.54 Å². The van der Waals surface area contributed by atoms with E-state index in [1.54, 1.807) is 0 Å². The molecular formula is C14H27N5O2. The summed E-state index contributed by atoms with van der Waals surface area (Å²) in [7, 11) is 2.12. The highest BCUT2D eigenvalue weighted by molar-refractivity contribution is 5.80. The lowest BCUT2D eigenvalue weighted by atomic mass is 9.96. The van der Waals surface area contributed by atoms with Gasteiger partial charge in [0.2, 0.25) is 11.8 Å². The fourth-order valence-electron chi connectivity index (χ4n) is 3.06. The molecule has 2 rings (SSSR count). The summed E-state index contributed by atoms with van der Waals surface area (Å²) in [4.78, 5) is 30.3. The summed E-state index contributed by atoms with van der Waals surface area (Å²) >= 11 is 0. The number of likely N-dealkylation sites (N-methyl/N-ethyl adjacent to an activating group) is 1. The maximum Gasteiger partial charge on any atom is 0.237 e. The van der Waals surface area contributed by atoms with E-state index in [9.17, 15) is 9.59 Å². The first-order valence-corrected chi connectivity index (χ1v) is 7.79. The molecule has 2 amide bonds. The van der Waals surface area contributed by atoms with Crippen molar-refractivity contribution in [3.63, 3.8) is 0 Å². The number of rotatable bonds is 3. The van der Waals surface area contributed by atoms with Crippen LogP contribution >= 0.6 is 0 Å². The highest BCUT2D eigenvalue weighted by atomic mass is 16.2. The molecule has 0 aromatic carbocycles. The monoisotopic (exact) mass is 297 g/mol. The number of piperidine rings is 1. The Hall–Kier alpha value is -1.18. The van der Waals surface area contributed by atoms with Crippen LogP contribution in [0.25, 0.3) is 0 Å². The second-order valence-electron chi connectivity index (χ2n) is 6.10. The van der Waals surface area contributed by atoms with Gasteiger partial charge in [0.15, 0.2) is 0 Å². The first-order valence-electron chi connectivity index (χ1n) is 7.79. The van der Waals surface area contributed by atoms with Crippen molar-refractivity contribution in [2.24, 2.45) is 11.8 Å². The summed E-state index contributed by atoms with van der Waals surface area (Å²) in [5.41, 5.74) is 2.20. The normalized spacial score (nSPS) is 22.9. The van der Waals surface area contributed by atoms with E-state index in [1.807, 2.05) is 4.90 Å². The summed E-state index contributed by atoms with van der Waals surface area (Å²) in [6.45, 7) is 5.88. The lowest BCUT2D eigenvalue weighted by molar-refractivity contribution is -0.136. The average molecular weight is 297 g/mol. The minimum Gasteiger partial charge on any atom is -0.342 e. The van der Waals surface area contributed by atoms with E-state index in [1.165, 1.54) is 0 Å². The van der Waals surface area contributed by atoms with E-state index in [-0.39, 0.29) is 17.7 Å². The van der Waals surface area contributed by atoms with E-state index in [0.717, 1.165) is 32.6 Å². The lowest BCUT2D eigenvalue weighted by Gasteiger charge is -2.32. The van der Waals surface area contributed by atoms with Crippen LogP contribution in [-0.2, 0) is 9.59 Å². The molecule has 21 heavy (non-hydrogen) atoms. The minimum absolute atomic E-state index is 0.0501. The highest BCUT2D eigenvalue weighted by Gasteiger charge is 2.27. The zero-order valence-electron chi connectivity index (χ0n) is 12.9. The van der Waals surface area contributed by atoms with E-state index in [0.29, 0.717) is 32.5 Å². The van der Waals surface area contributed by atoms with Crippen molar-refractivity contribution in [3.05, 3.63) is 0 Å². The van der Waals surface area contributed by atoms with Crippen LogP contribution in [0.5, 0.6) is 0 Å². The Labute approximate surface area is 126 Å². The Morgan fingerprint density at radius 3 is 2.48 bits per heavy atom. The Balaban J connectivity index is 1.75. The summed E-state index contributed by atoms with van der Waals surface area (Å²) in [6, 6.07) is 0. The first-order chi connectivity index (χ1) is 10.1. The molecule has 2 heterocycles. The second kappa shape index (κ2) is 7.72. The van der Waals surface area contributed by atoms with Gasteiger partial charge in [0.25, 0.3) is 0 Å². The predicted molar refractivity (Wildman–Crippen MR) is 80.2 cm³/mol. The van der Waals surface area contributed by atoms with Crippen molar-refractivity contribution >= 4 is 11.8 Å². The van der Waals surface area contributed by atoms with Crippen molar-refractivity contribution in [2.75, 3.05) is 52.9 Å². The molecule has 7 heteroatoms. The molecule has 0 atom stereocenters. The van der Waals surface area contributed by atoms with Gasteiger partial charge in [-0.2, -0.15) is 0 Å². The van der Waals surface area contributed by atoms with Crippen molar-refractivity contribution in [3.8, 4) is 0 Å². The van der Waals surface area contributed by atoms with E-state index in [2.05, 4.69) is 22.3 Å². The van der Waals surface area contributed by atoms with Crippen molar-refractivity contribution in [1.82, 2.24) is 20.1 Å². The maximum atomic E-state index is 12.4. The van der Waals surface area contributed by atoms with E-state index in [4.69, 9.17) is 5.84 Å². The minimum atomic E-state index is -0.113. The van der Waals surface area contributed by atoms with Crippen LogP contribution in [0.2, 0.25) is 0 Å². The summed E-state index contributed by atoms with van der Waals surface area (Å²) in [5.74, 6) is 5.18. The van der Waals surface area contributed by atoms with Crippen molar-refractivity contribution < 1.29 is 9.59 Å². The van der Waals surface area contributed by atoms with Gasteiger partial charge in [0.1, 0.15) is 0 Å². The van der Waals surface area contributed by atoms with Crippen LogP contribution in [0.4, 0.5) is 0 Å². The van der Waals surface area contributed by atoms with Crippen LogP contribution < -0.4 is 11.3 Å². The predicted octanol–water partition coefficient (Wildman–Crippen LogP) is -1.15. The zero-order chi connectivity index (χ0) is 15.2. The van der Waals surface area contributed by atoms with Crippen LogP contribution in [0.3, 0.4) is 0 Å². The number of likely N-dealkylation sites (tertiary alicyclic amines) is 1. The summed E-state index contributed by atoms with van der Waals surface area (Å²) in [6.07, 6.45) is 2.53. The van der Waals surface area contributed by atoms with Crippen LogP contribution in [0, 0.1) is 5.92 Å². The molecular weight excluding hydrogens is 270 g/mol. The molecule has 7 nitrogen and oxygen atoms in total. The van der Waals surface area contributed by atoms with Gasteiger partial charge in [-0.05, 0) is 39.4 Å². The van der Waals surface area contributed by atoms with Crippen molar-refractivity contribution in [2.45, 2.75) is 19.3 Å². The molecule has 3 N–H and O–H groups in total. The van der Waals surface area contributed by atoms with Crippen molar-refractivity contribution in [1.29, 1.82) is 0 Å². The van der Waals surface area contributed by atoms with Crippen LogP contribution in [0.1, 0.15) is 19.3 Å². The summed E-state index contributed by atoms with van der Waals surface area (Å²) in [5, 5.41) is 0. The summed E-state index contributed by atoms with van der Waals surface area (Å²) < 4.78 is 0. The number of hydrogen-bond donors (Lipinski definition) is 2. The SMILES string of the molecule is CN1CCCN(CC(=O)N2CCC(C(=O)NN)CC2)CC1. The number of amides is 2. The first kappa shape index (κ1) is 16.2. The van der Waals surface area contributed by atoms with Crippen LogP contribution in [-0.4, -0.2) is 79.4 Å². The topological polar surface area (TPSA) is 81.9 Å². The fraction of sp³-hybridized carbons (Fsp3) is 0.857. The third-order valence-corrected chi connectivity index (χ3v) is 4.53. The third-order valence-electron chi connectivity index (χ3n) is 4.53. The molecule has 0 aromatic rings. The van der Waals surface area contributed by atoms with Gasteiger partial charge in [-0.25, -0.2) is 5.84 Å². The molecule has 2 aliphatic rings. The Kier molecular flexibility index (Phi) is 5.96. The quantitative estimate of drug-likeness (QED) is 0.391. The number of nitrogens with zero attached hydrogens (tertiary/aromatic N) is 3. The maximum absolute atomic E-state index is 12.4. The Morgan fingerprint density at radius 1 is 1.10 bits per heavy atom. The van der Waals surface area contributed by atoms with Gasteiger partial charge < -0.3 is 9.80 Å². The zero-order valence-corrected chi connectivity index (χ0v) is 12.9. The molecule has 0 aromatic heterocycles. The van der Waals surface area contributed by atoms with E-state index < -0.39 is 0 Å². The third kappa shape index (κ3) is 4.66. The lowest BCUT2D eigenvalue weighted by Crippen LogP contribution is -2.47. The van der Waals surface area contributed by atoms with E-state index >= 15 is 0 Å². The van der Waals surface area contributed by atoms with Gasteiger partial charge in [0, 0.05) is 32.1 Å². The Bertz CT molecular complexity index is 368. The molecule has 120 valence electrons. The molecule has 2 fully saturated rings. The standard InChI is InChI=1S/C14H27N5O2/c1-17-5-2-6-18(10-9-17)11-13(20)19-7-3-12(4-8-19)14(21)16-15/h12H,2-11,15H2,1H3,(H,16,21). The van der Waals surface area contributed by atoms with Crippen LogP contribution in [0.15, 0.2) is 0 Å². The molecule has 0 bridgehead atoms. The molecule has 0 radical (unpaired) electrons. The largest absolute Gasteiger partial charge is 0.342 e. The molecule has 0 unspecified atom stereocenters. The fourth-order valence-corrected chi connectivity index (χ4v) is 3.06. The molecule has 0 saturated carbocycles. The van der Waals surface area contributed by atoms with Gasteiger partial charge in [-0.1, -0.05) is 0 Å². The number of nitrogens with one attached hydrogen (secondary N) is 1. The molecule has 0 spiro atoms. The number of carbonyl (C=O) groups excluding carboxylic acids is 2. The molecule has 2 aliphatic heterocycles. The number of carbonyl (C=O) groups is 2. The van der Waals surface area contributed by atoms with Gasteiger partial charge in [-0.3, -0.25) is 19.9 Å². The smallest absolute Gasteiger partial charge is 0.237 e.